The Morgan fingerprint density at radius 1 is 1.30 bits per heavy atom. The first-order chi connectivity index (χ1) is 9.50. The number of amides is 1. The Kier molecular flexibility index (Phi) is 4.39. The van der Waals surface area contributed by atoms with Crippen LogP contribution in [0.25, 0.3) is 10.1 Å². The second-order valence-electron chi connectivity index (χ2n) is 4.78. The summed E-state index contributed by atoms with van der Waals surface area (Å²) >= 11 is 1.49. The third-order valence-corrected chi connectivity index (χ3v) is 4.53. The predicted molar refractivity (Wildman–Crippen MR) is 80.4 cm³/mol. The molecule has 0 fully saturated rings. The smallest absolute Gasteiger partial charge is 0.303 e. The van der Waals surface area contributed by atoms with Gasteiger partial charge in [0, 0.05) is 24.7 Å². The fourth-order valence-electron chi connectivity index (χ4n) is 2.12. The Morgan fingerprint density at radius 2 is 2.00 bits per heavy atom. The number of carboxylic acids is 1. The number of carboxylic acid groups (broad SMARTS) is 1. The average Bonchev–Trinajstić information content (AvgIpc) is 2.75. The van der Waals surface area contributed by atoms with E-state index < -0.39 is 5.97 Å². The van der Waals surface area contributed by atoms with Crippen molar-refractivity contribution >= 4 is 33.3 Å². The Morgan fingerprint density at radius 3 is 2.65 bits per heavy atom. The van der Waals surface area contributed by atoms with Crippen LogP contribution in [0.5, 0.6) is 0 Å². The molecule has 0 bridgehead atoms. The summed E-state index contributed by atoms with van der Waals surface area (Å²) in [5, 5.41) is 9.73. The van der Waals surface area contributed by atoms with E-state index in [0.29, 0.717) is 13.0 Å². The minimum Gasteiger partial charge on any atom is -0.481 e. The van der Waals surface area contributed by atoms with Crippen LogP contribution in [0.3, 0.4) is 0 Å². The lowest BCUT2D eigenvalue weighted by molar-refractivity contribution is -0.137. The molecule has 0 spiro atoms. The van der Waals surface area contributed by atoms with E-state index in [1.165, 1.54) is 11.3 Å². The number of hydrogen-bond donors (Lipinski definition) is 1. The standard InChI is InChI=1S/C15H17NO3S/c1-10-11-6-3-4-7-12(11)20-14(10)15(19)16(2)9-5-8-13(17)18/h3-4,6-7H,5,8-9H2,1-2H3,(H,17,18). The van der Waals surface area contributed by atoms with Gasteiger partial charge in [-0.25, -0.2) is 0 Å². The van der Waals surface area contributed by atoms with Crippen molar-refractivity contribution in [3.8, 4) is 0 Å². The van der Waals surface area contributed by atoms with Crippen LogP contribution in [-0.2, 0) is 4.79 Å². The third kappa shape index (κ3) is 2.99. The third-order valence-electron chi connectivity index (χ3n) is 3.27. The second-order valence-corrected chi connectivity index (χ2v) is 5.83. The minimum atomic E-state index is -0.830. The van der Waals surface area contributed by atoms with E-state index in [4.69, 9.17) is 5.11 Å². The van der Waals surface area contributed by atoms with Crippen molar-refractivity contribution in [3.63, 3.8) is 0 Å². The van der Waals surface area contributed by atoms with E-state index in [1.54, 1.807) is 11.9 Å². The SMILES string of the molecule is Cc1c(C(=O)N(C)CCCC(=O)O)sc2ccccc12. The molecule has 1 aromatic heterocycles. The van der Waals surface area contributed by atoms with E-state index >= 15 is 0 Å². The van der Waals surface area contributed by atoms with Gasteiger partial charge in [-0.1, -0.05) is 18.2 Å². The van der Waals surface area contributed by atoms with Gasteiger partial charge in [0.1, 0.15) is 0 Å². The molecule has 1 heterocycles. The van der Waals surface area contributed by atoms with Crippen molar-refractivity contribution in [2.24, 2.45) is 0 Å². The Hall–Kier alpha value is -1.88. The molecule has 2 rings (SSSR count). The molecule has 4 nitrogen and oxygen atoms in total. The molecule has 20 heavy (non-hydrogen) atoms. The van der Waals surface area contributed by atoms with Gasteiger partial charge in [-0.15, -0.1) is 11.3 Å². The molecule has 2 aromatic rings. The molecule has 1 aromatic carbocycles. The first kappa shape index (κ1) is 14.5. The maximum Gasteiger partial charge on any atom is 0.303 e. The molecule has 1 N–H and O–H groups in total. The molecular weight excluding hydrogens is 274 g/mol. The van der Waals surface area contributed by atoms with E-state index in [2.05, 4.69) is 0 Å². The van der Waals surface area contributed by atoms with Crippen molar-refractivity contribution in [1.82, 2.24) is 4.90 Å². The van der Waals surface area contributed by atoms with Crippen LogP contribution < -0.4 is 0 Å². The van der Waals surface area contributed by atoms with Crippen LogP contribution in [0.2, 0.25) is 0 Å². The average molecular weight is 291 g/mol. The molecule has 0 aliphatic rings. The Labute approximate surface area is 121 Å². The number of carbonyl (C=O) groups is 2. The van der Waals surface area contributed by atoms with Crippen molar-refractivity contribution in [2.45, 2.75) is 19.8 Å². The molecule has 0 saturated carbocycles. The first-order valence-electron chi connectivity index (χ1n) is 6.46. The number of carbonyl (C=O) groups excluding carboxylic acids is 1. The van der Waals surface area contributed by atoms with Crippen molar-refractivity contribution in [1.29, 1.82) is 0 Å². The van der Waals surface area contributed by atoms with E-state index in [9.17, 15) is 9.59 Å². The zero-order valence-corrected chi connectivity index (χ0v) is 12.4. The van der Waals surface area contributed by atoms with Crippen molar-refractivity contribution < 1.29 is 14.7 Å². The van der Waals surface area contributed by atoms with Crippen molar-refractivity contribution in [2.75, 3.05) is 13.6 Å². The molecule has 0 aliphatic heterocycles. The molecule has 1 amide bonds. The number of rotatable bonds is 5. The van der Waals surface area contributed by atoms with Crippen molar-refractivity contribution in [3.05, 3.63) is 34.7 Å². The minimum absolute atomic E-state index is 0.0333. The number of thiophene rings is 1. The molecule has 0 aliphatic carbocycles. The fourth-order valence-corrected chi connectivity index (χ4v) is 3.32. The topological polar surface area (TPSA) is 57.6 Å². The number of aryl methyl sites for hydroxylation is 1. The lowest BCUT2D eigenvalue weighted by atomic mass is 10.1. The highest BCUT2D eigenvalue weighted by molar-refractivity contribution is 7.21. The van der Waals surface area contributed by atoms with Gasteiger partial charge in [0.25, 0.3) is 5.91 Å². The van der Waals surface area contributed by atoms with E-state index in [1.807, 2.05) is 31.2 Å². The summed E-state index contributed by atoms with van der Waals surface area (Å²) < 4.78 is 1.10. The molecule has 5 heteroatoms. The first-order valence-corrected chi connectivity index (χ1v) is 7.27. The molecule has 0 atom stereocenters. The lowest BCUT2D eigenvalue weighted by Crippen LogP contribution is -2.27. The van der Waals surface area contributed by atoms with E-state index in [-0.39, 0.29) is 12.3 Å². The summed E-state index contributed by atoms with van der Waals surface area (Å²) in [6.45, 7) is 2.41. The largest absolute Gasteiger partial charge is 0.481 e. The van der Waals surface area contributed by atoms with Crippen LogP contribution in [-0.4, -0.2) is 35.5 Å². The summed E-state index contributed by atoms with van der Waals surface area (Å²) in [5.41, 5.74) is 1.00. The number of nitrogens with zero attached hydrogens (tertiary/aromatic N) is 1. The maximum atomic E-state index is 12.4. The summed E-state index contributed by atoms with van der Waals surface area (Å²) in [4.78, 5) is 25.2. The molecule has 0 unspecified atom stereocenters. The van der Waals surface area contributed by atoms with Crippen LogP contribution in [0.15, 0.2) is 24.3 Å². The van der Waals surface area contributed by atoms with Gasteiger partial charge >= 0.3 is 5.97 Å². The number of benzene rings is 1. The highest BCUT2D eigenvalue weighted by Crippen LogP contribution is 2.31. The van der Waals surface area contributed by atoms with Gasteiger partial charge in [0.15, 0.2) is 0 Å². The quantitative estimate of drug-likeness (QED) is 0.920. The monoisotopic (exact) mass is 291 g/mol. The highest BCUT2D eigenvalue weighted by Gasteiger charge is 2.18. The second kappa shape index (κ2) is 6.05. The number of aliphatic carboxylic acids is 1. The number of hydrogen-bond acceptors (Lipinski definition) is 3. The molecule has 0 saturated heterocycles. The zero-order chi connectivity index (χ0) is 14.7. The predicted octanol–water partition coefficient (Wildman–Crippen LogP) is 3.15. The van der Waals surface area contributed by atoms with Crippen LogP contribution in [0, 0.1) is 6.92 Å². The summed E-state index contributed by atoms with van der Waals surface area (Å²) in [6, 6.07) is 7.95. The van der Waals surface area contributed by atoms with Gasteiger partial charge in [0.2, 0.25) is 0 Å². The Balaban J connectivity index is 2.14. The lowest BCUT2D eigenvalue weighted by Gasteiger charge is -2.16. The van der Waals surface area contributed by atoms with Gasteiger partial charge < -0.3 is 10.0 Å². The summed E-state index contributed by atoms with van der Waals surface area (Å²) in [7, 11) is 1.72. The summed E-state index contributed by atoms with van der Waals surface area (Å²) in [5.74, 6) is -0.863. The van der Waals surface area contributed by atoms with Gasteiger partial charge in [-0.3, -0.25) is 9.59 Å². The summed E-state index contributed by atoms with van der Waals surface area (Å²) in [6.07, 6.45) is 0.560. The van der Waals surface area contributed by atoms with E-state index in [0.717, 1.165) is 20.5 Å². The molecular formula is C15H17NO3S. The normalized spacial score (nSPS) is 10.7. The maximum absolute atomic E-state index is 12.4. The van der Waals surface area contributed by atoms with Crippen LogP contribution >= 0.6 is 11.3 Å². The van der Waals surface area contributed by atoms with Crippen LogP contribution in [0.1, 0.15) is 28.1 Å². The zero-order valence-electron chi connectivity index (χ0n) is 11.5. The highest BCUT2D eigenvalue weighted by atomic mass is 32.1. The van der Waals surface area contributed by atoms with Crippen LogP contribution in [0.4, 0.5) is 0 Å². The van der Waals surface area contributed by atoms with Gasteiger partial charge in [-0.05, 0) is 30.4 Å². The molecule has 0 radical (unpaired) electrons. The molecule has 106 valence electrons. The number of fused-ring (bicyclic) bond motifs is 1. The fraction of sp³-hybridized carbons (Fsp3) is 0.333. The van der Waals surface area contributed by atoms with Gasteiger partial charge in [0.05, 0.1) is 4.88 Å². The Bertz CT molecular complexity index is 648. The van der Waals surface area contributed by atoms with Gasteiger partial charge in [-0.2, -0.15) is 0 Å².